The van der Waals surface area contributed by atoms with Crippen LogP contribution in [0.3, 0.4) is 0 Å². The molecule has 3 aromatic carbocycles. The monoisotopic (exact) mass is 458 g/mol. The molecule has 0 aliphatic carbocycles. The van der Waals surface area contributed by atoms with Gasteiger partial charge in [0.2, 0.25) is 0 Å². The van der Waals surface area contributed by atoms with Gasteiger partial charge in [-0.2, -0.15) is 5.26 Å². The van der Waals surface area contributed by atoms with Crippen molar-refractivity contribution in [2.45, 2.75) is 13.0 Å². The van der Waals surface area contributed by atoms with Crippen LogP contribution in [0.25, 0.3) is 0 Å². The Morgan fingerprint density at radius 3 is 2.35 bits per heavy atom. The maximum Gasteiger partial charge on any atom is 0.323 e. The molecule has 7 heteroatoms. The SMILES string of the molecule is CON=C(COc1cccc(COc2ccc(CC(C#N)C(=O)OC)cc2)c1)c1ccccc1. The summed E-state index contributed by atoms with van der Waals surface area (Å²) in [5, 5.41) is 13.2. The first-order valence-corrected chi connectivity index (χ1v) is 10.7. The third-order valence-corrected chi connectivity index (χ3v) is 4.99. The van der Waals surface area contributed by atoms with Gasteiger partial charge in [0.1, 0.15) is 43.5 Å². The molecule has 0 radical (unpaired) electrons. The van der Waals surface area contributed by atoms with Gasteiger partial charge in [-0.15, -0.1) is 0 Å². The number of rotatable bonds is 11. The molecular formula is C27H26N2O5. The van der Waals surface area contributed by atoms with E-state index in [9.17, 15) is 4.79 Å². The summed E-state index contributed by atoms with van der Waals surface area (Å²) in [6.07, 6.45) is 0.292. The van der Waals surface area contributed by atoms with Crippen molar-refractivity contribution in [1.82, 2.24) is 0 Å². The van der Waals surface area contributed by atoms with Crippen LogP contribution in [0, 0.1) is 17.2 Å². The lowest BCUT2D eigenvalue weighted by atomic mass is 10.0. The maximum atomic E-state index is 11.6. The Balaban J connectivity index is 1.56. The molecule has 0 saturated heterocycles. The van der Waals surface area contributed by atoms with Gasteiger partial charge in [0, 0.05) is 5.56 Å². The summed E-state index contributed by atoms with van der Waals surface area (Å²) in [5.41, 5.74) is 3.42. The molecule has 3 rings (SSSR count). The Morgan fingerprint density at radius 2 is 1.68 bits per heavy atom. The first-order chi connectivity index (χ1) is 16.6. The van der Waals surface area contributed by atoms with Crippen LogP contribution >= 0.6 is 0 Å². The van der Waals surface area contributed by atoms with Gasteiger partial charge < -0.3 is 19.0 Å². The van der Waals surface area contributed by atoms with Crippen molar-refractivity contribution in [2.75, 3.05) is 20.8 Å². The summed E-state index contributed by atoms with van der Waals surface area (Å²) >= 11 is 0. The van der Waals surface area contributed by atoms with E-state index in [1.807, 2.05) is 84.9 Å². The zero-order valence-electron chi connectivity index (χ0n) is 19.1. The Hall–Kier alpha value is -4.31. The second-order valence-electron chi connectivity index (χ2n) is 7.36. The number of esters is 1. The normalized spacial score (nSPS) is 11.7. The highest BCUT2D eigenvalue weighted by Gasteiger charge is 2.18. The Morgan fingerprint density at radius 1 is 0.912 bits per heavy atom. The predicted octanol–water partition coefficient (Wildman–Crippen LogP) is 4.55. The smallest absolute Gasteiger partial charge is 0.323 e. The summed E-state index contributed by atoms with van der Waals surface area (Å²) in [7, 11) is 2.79. The molecule has 0 bridgehead atoms. The number of methoxy groups -OCH3 is 1. The van der Waals surface area contributed by atoms with Crippen molar-refractivity contribution in [2.24, 2.45) is 11.1 Å². The van der Waals surface area contributed by atoms with E-state index >= 15 is 0 Å². The Bertz CT molecular complexity index is 1140. The third kappa shape index (κ3) is 7.10. The number of hydrogen-bond donors (Lipinski definition) is 0. The van der Waals surface area contributed by atoms with Crippen LogP contribution in [0.1, 0.15) is 16.7 Å². The first-order valence-electron chi connectivity index (χ1n) is 10.7. The van der Waals surface area contributed by atoms with Gasteiger partial charge in [-0.25, -0.2) is 0 Å². The zero-order chi connectivity index (χ0) is 24.2. The highest BCUT2D eigenvalue weighted by molar-refractivity contribution is 6.01. The number of nitriles is 1. The van der Waals surface area contributed by atoms with E-state index in [1.165, 1.54) is 14.2 Å². The highest BCUT2D eigenvalue weighted by atomic mass is 16.6. The van der Waals surface area contributed by atoms with Crippen LogP contribution in [0.4, 0.5) is 0 Å². The van der Waals surface area contributed by atoms with E-state index in [0.29, 0.717) is 30.2 Å². The molecule has 7 nitrogen and oxygen atoms in total. The van der Waals surface area contributed by atoms with Gasteiger partial charge >= 0.3 is 5.97 Å². The Kier molecular flexibility index (Phi) is 9.06. The number of benzene rings is 3. The number of carbonyl (C=O) groups excluding carboxylic acids is 1. The summed E-state index contributed by atoms with van der Waals surface area (Å²) in [4.78, 5) is 16.6. The van der Waals surface area contributed by atoms with Crippen LogP contribution in [0.15, 0.2) is 84.0 Å². The number of ether oxygens (including phenoxy) is 3. The molecule has 0 aliphatic rings. The molecule has 0 fully saturated rings. The molecule has 0 spiro atoms. The van der Waals surface area contributed by atoms with E-state index in [0.717, 1.165) is 16.7 Å². The minimum Gasteiger partial charge on any atom is -0.489 e. The second kappa shape index (κ2) is 12.7. The molecule has 174 valence electrons. The van der Waals surface area contributed by atoms with Gasteiger partial charge in [-0.1, -0.05) is 59.8 Å². The standard InChI is InChI=1S/C27H26N2O5/c1-31-27(30)23(17-28)15-20-11-13-24(14-12-20)33-18-21-7-6-10-25(16-21)34-19-26(29-32-2)22-8-4-3-5-9-22/h3-14,16,23H,15,18-19H2,1-2H3. The van der Waals surface area contributed by atoms with Crippen LogP contribution in [-0.4, -0.2) is 32.5 Å². The minimum absolute atomic E-state index is 0.263. The van der Waals surface area contributed by atoms with Gasteiger partial charge in [0.25, 0.3) is 0 Å². The minimum atomic E-state index is -0.823. The highest BCUT2D eigenvalue weighted by Crippen LogP contribution is 2.19. The number of nitrogens with zero attached hydrogens (tertiary/aromatic N) is 2. The van der Waals surface area contributed by atoms with E-state index in [1.54, 1.807) is 0 Å². The van der Waals surface area contributed by atoms with Crippen LogP contribution in [0.2, 0.25) is 0 Å². The van der Waals surface area contributed by atoms with Gasteiger partial charge in [-0.3, -0.25) is 4.79 Å². The fourth-order valence-corrected chi connectivity index (χ4v) is 3.23. The molecule has 34 heavy (non-hydrogen) atoms. The van der Waals surface area contributed by atoms with Gasteiger partial charge in [0.05, 0.1) is 13.2 Å². The molecule has 1 unspecified atom stereocenters. The van der Waals surface area contributed by atoms with E-state index in [-0.39, 0.29) is 6.61 Å². The average Bonchev–Trinajstić information content (AvgIpc) is 2.89. The lowest BCUT2D eigenvalue weighted by Gasteiger charge is -2.11. The molecule has 3 aromatic rings. The molecule has 0 heterocycles. The largest absolute Gasteiger partial charge is 0.489 e. The van der Waals surface area contributed by atoms with Crippen molar-refractivity contribution in [1.29, 1.82) is 5.26 Å². The van der Waals surface area contributed by atoms with E-state index < -0.39 is 11.9 Å². The van der Waals surface area contributed by atoms with Crippen molar-refractivity contribution >= 4 is 11.7 Å². The lowest BCUT2D eigenvalue weighted by molar-refractivity contribution is -0.143. The summed E-state index contributed by atoms with van der Waals surface area (Å²) in [6.45, 7) is 0.621. The molecular weight excluding hydrogens is 432 g/mol. The molecule has 0 N–H and O–H groups in total. The average molecular weight is 459 g/mol. The van der Waals surface area contributed by atoms with E-state index in [2.05, 4.69) is 9.89 Å². The molecule has 1 atom stereocenters. The topological polar surface area (TPSA) is 90.1 Å². The summed E-state index contributed by atoms with van der Waals surface area (Å²) in [6, 6.07) is 26.6. The molecule has 0 aliphatic heterocycles. The number of hydrogen-bond acceptors (Lipinski definition) is 7. The summed E-state index contributed by atoms with van der Waals surface area (Å²) < 4.78 is 16.5. The maximum absolute atomic E-state index is 11.6. The van der Waals surface area contributed by atoms with Crippen molar-refractivity contribution < 1.29 is 23.8 Å². The Labute approximate surface area is 199 Å². The summed E-state index contributed by atoms with van der Waals surface area (Å²) in [5.74, 6) is 0.0203. The van der Waals surface area contributed by atoms with Crippen LogP contribution in [-0.2, 0) is 27.4 Å². The quantitative estimate of drug-likeness (QED) is 0.238. The van der Waals surface area contributed by atoms with Crippen molar-refractivity contribution in [3.05, 3.63) is 95.6 Å². The van der Waals surface area contributed by atoms with Crippen molar-refractivity contribution in [3.63, 3.8) is 0 Å². The molecule has 0 saturated carbocycles. The van der Waals surface area contributed by atoms with Gasteiger partial charge in [0.15, 0.2) is 0 Å². The van der Waals surface area contributed by atoms with Gasteiger partial charge in [-0.05, 0) is 41.8 Å². The fraction of sp³-hybridized carbons (Fsp3) is 0.222. The van der Waals surface area contributed by atoms with Crippen LogP contribution < -0.4 is 9.47 Å². The number of oxime groups is 1. The predicted molar refractivity (Wildman–Crippen MR) is 128 cm³/mol. The first kappa shape index (κ1) is 24.3. The molecule has 0 amide bonds. The third-order valence-electron chi connectivity index (χ3n) is 4.99. The lowest BCUT2D eigenvalue weighted by Crippen LogP contribution is -2.16. The zero-order valence-corrected chi connectivity index (χ0v) is 19.1. The molecule has 0 aromatic heterocycles. The fourth-order valence-electron chi connectivity index (χ4n) is 3.23. The van der Waals surface area contributed by atoms with Crippen LogP contribution in [0.5, 0.6) is 11.5 Å². The van der Waals surface area contributed by atoms with Crippen molar-refractivity contribution in [3.8, 4) is 17.6 Å². The number of carbonyl (C=O) groups is 1. The van der Waals surface area contributed by atoms with E-state index in [4.69, 9.17) is 19.6 Å². The second-order valence-corrected chi connectivity index (χ2v) is 7.36.